The second-order valence-electron chi connectivity index (χ2n) is 1.34. The van der Waals surface area contributed by atoms with E-state index in [0.29, 0.717) is 0 Å². The highest BCUT2D eigenvalue weighted by Gasteiger charge is 1.99. The Labute approximate surface area is 49.2 Å². The van der Waals surface area contributed by atoms with Crippen molar-refractivity contribution < 1.29 is 14.0 Å². The van der Waals surface area contributed by atoms with Gasteiger partial charge in [-0.05, 0) is 6.92 Å². The van der Waals surface area contributed by atoms with Crippen LogP contribution in [0.3, 0.4) is 0 Å². The van der Waals surface area contributed by atoms with Crippen LogP contribution in [-0.4, -0.2) is 12.8 Å². The largest absolute Gasteiger partial charge is 0.779 e. The van der Waals surface area contributed by atoms with Crippen molar-refractivity contribution in [1.82, 2.24) is 0 Å². The van der Waals surface area contributed by atoms with E-state index in [1.807, 2.05) is 0 Å². The molecule has 1 unspecified atom stereocenters. The molecule has 4 heteroatoms. The van der Waals surface area contributed by atoms with Gasteiger partial charge in [-0.2, -0.15) is 0 Å². The fourth-order valence-corrected chi connectivity index (χ4v) is 0.864. The normalized spacial score (nSPS) is 17.9. The molecular formula is C4H10O3P-. The lowest BCUT2D eigenvalue weighted by Crippen LogP contribution is -2.05. The van der Waals surface area contributed by atoms with E-state index in [1.54, 1.807) is 13.8 Å². The van der Waals surface area contributed by atoms with E-state index < -0.39 is 7.60 Å². The molecule has 0 aromatic rings. The first-order valence-electron chi connectivity index (χ1n) is 2.57. The molecule has 0 aromatic carbocycles. The van der Waals surface area contributed by atoms with Crippen LogP contribution in [-0.2, 0) is 9.09 Å². The molecule has 1 atom stereocenters. The van der Waals surface area contributed by atoms with Crippen molar-refractivity contribution in [2.75, 3.05) is 12.8 Å². The molecule has 0 heterocycles. The molecule has 0 rings (SSSR count). The van der Waals surface area contributed by atoms with E-state index in [4.69, 9.17) is 0 Å². The molecule has 0 aromatic heterocycles. The number of hydrogen-bond donors (Lipinski definition) is 0. The fraction of sp³-hybridized carbons (Fsp3) is 1.00. The van der Waals surface area contributed by atoms with Gasteiger partial charge in [-0.3, -0.25) is 0 Å². The van der Waals surface area contributed by atoms with Crippen molar-refractivity contribution >= 4 is 7.60 Å². The van der Waals surface area contributed by atoms with Gasteiger partial charge in [0.2, 0.25) is 0 Å². The first-order valence-corrected chi connectivity index (χ1v) is 4.29. The summed E-state index contributed by atoms with van der Waals surface area (Å²) in [6.07, 6.45) is 0.0842. The van der Waals surface area contributed by atoms with Crippen molar-refractivity contribution in [3.8, 4) is 0 Å². The third kappa shape index (κ3) is 3.19. The summed E-state index contributed by atoms with van der Waals surface area (Å²) in [7, 11) is -3.42. The van der Waals surface area contributed by atoms with Crippen molar-refractivity contribution in [2.24, 2.45) is 0 Å². The Morgan fingerprint density at radius 3 is 2.25 bits per heavy atom. The number of hydrogen-bond acceptors (Lipinski definition) is 3. The van der Waals surface area contributed by atoms with Crippen molar-refractivity contribution in [3.63, 3.8) is 0 Å². The molecule has 8 heavy (non-hydrogen) atoms. The highest BCUT2D eigenvalue weighted by molar-refractivity contribution is 7.51. The Bertz CT molecular complexity index is 101. The second kappa shape index (κ2) is 3.23. The maximum atomic E-state index is 10.4. The molecule has 0 fully saturated rings. The van der Waals surface area contributed by atoms with E-state index in [-0.39, 0.29) is 12.8 Å². The summed E-state index contributed by atoms with van der Waals surface area (Å²) >= 11 is 0. The highest BCUT2D eigenvalue weighted by atomic mass is 31.2. The van der Waals surface area contributed by atoms with Crippen molar-refractivity contribution in [1.29, 1.82) is 0 Å². The Kier molecular flexibility index (Phi) is 3.29. The maximum Gasteiger partial charge on any atom is 0.134 e. The van der Waals surface area contributed by atoms with Crippen LogP contribution in [0, 0.1) is 0 Å². The molecule has 0 spiro atoms. The Balaban J connectivity index is 3.55. The van der Waals surface area contributed by atoms with Gasteiger partial charge < -0.3 is 14.0 Å². The smallest absolute Gasteiger partial charge is 0.134 e. The van der Waals surface area contributed by atoms with E-state index >= 15 is 0 Å². The fourth-order valence-electron chi connectivity index (χ4n) is 0.288. The third-order valence-electron chi connectivity index (χ3n) is 0.713. The summed E-state index contributed by atoms with van der Waals surface area (Å²) < 4.78 is 14.8. The molecule has 0 saturated heterocycles. The van der Waals surface area contributed by atoms with Gasteiger partial charge in [-0.1, -0.05) is 6.92 Å². The minimum atomic E-state index is -3.42. The van der Waals surface area contributed by atoms with E-state index in [2.05, 4.69) is 4.52 Å². The minimum absolute atomic E-state index is 0.0842. The van der Waals surface area contributed by atoms with Crippen molar-refractivity contribution in [3.05, 3.63) is 0 Å². The van der Waals surface area contributed by atoms with Crippen molar-refractivity contribution in [2.45, 2.75) is 13.8 Å². The van der Waals surface area contributed by atoms with E-state index in [9.17, 15) is 9.46 Å². The monoisotopic (exact) mass is 137 g/mol. The quantitative estimate of drug-likeness (QED) is 0.535. The van der Waals surface area contributed by atoms with Gasteiger partial charge in [-0.15, -0.1) is 0 Å². The van der Waals surface area contributed by atoms with Crippen LogP contribution in [0.1, 0.15) is 13.8 Å². The summed E-state index contributed by atoms with van der Waals surface area (Å²) in [5.74, 6) is 0. The standard InChI is InChI=1S/C4H11O3P/c1-3-7-8(5,6)4-2/h3-4H2,1-2H3,(H,5,6)/p-1. The third-order valence-corrected chi connectivity index (χ3v) is 2.14. The lowest BCUT2D eigenvalue weighted by atomic mass is 10.9. The number of rotatable bonds is 3. The van der Waals surface area contributed by atoms with Gasteiger partial charge in [0.15, 0.2) is 0 Å². The predicted molar refractivity (Wildman–Crippen MR) is 29.8 cm³/mol. The molecule has 0 saturated carbocycles. The van der Waals surface area contributed by atoms with Crippen LogP contribution in [0.4, 0.5) is 0 Å². The van der Waals surface area contributed by atoms with Crippen LogP contribution in [0.25, 0.3) is 0 Å². The van der Waals surface area contributed by atoms with E-state index in [1.165, 1.54) is 0 Å². The molecule has 0 bridgehead atoms. The summed E-state index contributed by atoms with van der Waals surface area (Å²) in [5.41, 5.74) is 0. The minimum Gasteiger partial charge on any atom is -0.779 e. The molecule has 3 nitrogen and oxygen atoms in total. The summed E-state index contributed by atoms with van der Waals surface area (Å²) in [6.45, 7) is 3.46. The molecule has 50 valence electrons. The second-order valence-corrected chi connectivity index (χ2v) is 3.46. The maximum absolute atomic E-state index is 10.4. The summed E-state index contributed by atoms with van der Waals surface area (Å²) in [4.78, 5) is 10.4. The SMILES string of the molecule is CCOP(=O)([O-])CC. The Morgan fingerprint density at radius 1 is 1.62 bits per heavy atom. The van der Waals surface area contributed by atoms with Crippen LogP contribution in [0.5, 0.6) is 0 Å². The van der Waals surface area contributed by atoms with Crippen LogP contribution in [0.15, 0.2) is 0 Å². The average Bonchev–Trinajstić information content (AvgIpc) is 1.67. The molecule has 0 aliphatic rings. The lowest BCUT2D eigenvalue weighted by molar-refractivity contribution is -0.197. The van der Waals surface area contributed by atoms with Crippen LogP contribution in [0.2, 0.25) is 0 Å². The van der Waals surface area contributed by atoms with Gasteiger partial charge in [0.05, 0.1) is 6.61 Å². The van der Waals surface area contributed by atoms with E-state index in [0.717, 1.165) is 0 Å². The summed E-state index contributed by atoms with van der Waals surface area (Å²) in [6, 6.07) is 0. The zero-order chi connectivity index (χ0) is 6.62. The lowest BCUT2D eigenvalue weighted by Gasteiger charge is -2.19. The summed E-state index contributed by atoms with van der Waals surface area (Å²) in [5, 5.41) is 0. The molecule has 0 aliphatic heterocycles. The molecule has 0 amide bonds. The Hall–Kier alpha value is 0.150. The van der Waals surface area contributed by atoms with Crippen LogP contribution >= 0.6 is 7.60 Å². The highest BCUT2D eigenvalue weighted by Crippen LogP contribution is 2.35. The van der Waals surface area contributed by atoms with Gasteiger partial charge >= 0.3 is 0 Å². The van der Waals surface area contributed by atoms with Gasteiger partial charge in [0, 0.05) is 6.16 Å². The molecular weight excluding hydrogens is 127 g/mol. The molecule has 0 N–H and O–H groups in total. The predicted octanol–water partition coefficient (Wildman–Crippen LogP) is 0.596. The first-order chi connectivity index (χ1) is 3.62. The topological polar surface area (TPSA) is 49.4 Å². The van der Waals surface area contributed by atoms with Gasteiger partial charge in [0.25, 0.3) is 0 Å². The zero-order valence-electron chi connectivity index (χ0n) is 5.09. The first kappa shape index (κ1) is 8.15. The zero-order valence-corrected chi connectivity index (χ0v) is 5.98. The average molecular weight is 137 g/mol. The van der Waals surface area contributed by atoms with Gasteiger partial charge in [-0.25, -0.2) is 0 Å². The van der Waals surface area contributed by atoms with Gasteiger partial charge in [0.1, 0.15) is 7.60 Å². The van der Waals surface area contributed by atoms with Crippen LogP contribution < -0.4 is 4.89 Å². The molecule has 0 radical (unpaired) electrons. The molecule has 0 aliphatic carbocycles. The Morgan fingerprint density at radius 2 is 2.12 bits per heavy atom.